The summed E-state index contributed by atoms with van der Waals surface area (Å²) >= 11 is 0. The summed E-state index contributed by atoms with van der Waals surface area (Å²) in [4.78, 5) is 0. The maximum absolute atomic E-state index is 5.86. The van der Waals surface area contributed by atoms with E-state index in [1.165, 1.54) is 19.3 Å². The molecule has 0 aromatic heterocycles. The van der Waals surface area contributed by atoms with Crippen LogP contribution in [0.4, 0.5) is 0 Å². The summed E-state index contributed by atoms with van der Waals surface area (Å²) in [6, 6.07) is 8.07. The van der Waals surface area contributed by atoms with E-state index < -0.39 is 0 Å². The van der Waals surface area contributed by atoms with Crippen molar-refractivity contribution in [2.24, 2.45) is 0 Å². The van der Waals surface area contributed by atoms with Gasteiger partial charge in [-0.25, -0.2) is 0 Å². The number of hydrogen-bond donors (Lipinski definition) is 0. The number of rotatable bonds is 7. The molecule has 1 atom stereocenters. The van der Waals surface area contributed by atoms with Crippen LogP contribution >= 0.6 is 0 Å². The lowest BCUT2D eigenvalue weighted by Crippen LogP contribution is -2.11. The van der Waals surface area contributed by atoms with E-state index in [0.29, 0.717) is 6.10 Å². The Morgan fingerprint density at radius 1 is 1.38 bits per heavy atom. The molecule has 0 spiro atoms. The highest BCUT2D eigenvalue weighted by Crippen LogP contribution is 2.17. The Morgan fingerprint density at radius 3 is 2.88 bits per heavy atom. The Hall–Kier alpha value is -1.24. The van der Waals surface area contributed by atoms with Gasteiger partial charge in [0, 0.05) is 0 Å². The minimum absolute atomic E-state index is 0.298. The Bertz CT molecular complexity index is 317. The fraction of sp³-hybridized carbons (Fsp3) is 0.467. The normalized spacial score (nSPS) is 12.1. The van der Waals surface area contributed by atoms with Gasteiger partial charge >= 0.3 is 0 Å². The van der Waals surface area contributed by atoms with E-state index in [-0.39, 0.29) is 0 Å². The minimum Gasteiger partial charge on any atom is -0.491 e. The molecule has 88 valence electrons. The molecule has 0 amide bonds. The van der Waals surface area contributed by atoms with E-state index in [1.54, 1.807) is 0 Å². The highest BCUT2D eigenvalue weighted by molar-refractivity contribution is 5.49. The van der Waals surface area contributed by atoms with Crippen molar-refractivity contribution in [2.75, 3.05) is 0 Å². The number of benzene rings is 1. The Balaban J connectivity index is 2.42. The van der Waals surface area contributed by atoms with Gasteiger partial charge in [-0.1, -0.05) is 44.6 Å². The first-order chi connectivity index (χ1) is 7.76. The fourth-order valence-corrected chi connectivity index (χ4v) is 1.69. The van der Waals surface area contributed by atoms with E-state index in [4.69, 9.17) is 4.74 Å². The quantitative estimate of drug-likeness (QED) is 0.604. The van der Waals surface area contributed by atoms with Crippen molar-refractivity contribution in [3.63, 3.8) is 0 Å². The Kier molecular flexibility index (Phi) is 5.69. The zero-order chi connectivity index (χ0) is 11.8. The van der Waals surface area contributed by atoms with Crippen LogP contribution in [-0.4, -0.2) is 6.10 Å². The number of ether oxygens (including phenoxy) is 1. The van der Waals surface area contributed by atoms with E-state index >= 15 is 0 Å². The van der Waals surface area contributed by atoms with Crippen LogP contribution in [0.15, 0.2) is 30.8 Å². The third-order valence-corrected chi connectivity index (χ3v) is 2.65. The molecule has 0 bridgehead atoms. The van der Waals surface area contributed by atoms with Gasteiger partial charge < -0.3 is 4.74 Å². The molecule has 1 aromatic carbocycles. The highest BCUT2D eigenvalue weighted by Gasteiger charge is 2.03. The van der Waals surface area contributed by atoms with Crippen LogP contribution in [0.5, 0.6) is 5.75 Å². The van der Waals surface area contributed by atoms with Gasteiger partial charge in [0.1, 0.15) is 5.75 Å². The van der Waals surface area contributed by atoms with Crippen molar-refractivity contribution in [3.05, 3.63) is 36.4 Å². The molecule has 0 heterocycles. The summed E-state index contributed by atoms with van der Waals surface area (Å²) in [5, 5.41) is 0. The van der Waals surface area contributed by atoms with E-state index in [0.717, 1.165) is 17.7 Å². The van der Waals surface area contributed by atoms with Gasteiger partial charge in [0.05, 0.1) is 6.10 Å². The second-order valence-corrected chi connectivity index (χ2v) is 4.20. The topological polar surface area (TPSA) is 9.23 Å². The first kappa shape index (κ1) is 12.8. The van der Waals surface area contributed by atoms with Gasteiger partial charge in [-0.05, 0) is 37.5 Å². The van der Waals surface area contributed by atoms with Crippen LogP contribution in [0.2, 0.25) is 0 Å². The molecule has 0 aliphatic rings. The number of hydrogen-bond acceptors (Lipinski definition) is 1. The molecule has 0 saturated heterocycles. The van der Waals surface area contributed by atoms with Crippen molar-refractivity contribution in [1.29, 1.82) is 0 Å². The lowest BCUT2D eigenvalue weighted by Gasteiger charge is -2.14. The molecule has 1 rings (SSSR count). The Morgan fingerprint density at radius 2 is 2.19 bits per heavy atom. The third kappa shape index (κ3) is 4.52. The molecular formula is C15H22O. The predicted octanol–water partition coefficient (Wildman–Crippen LogP) is 4.68. The summed E-state index contributed by atoms with van der Waals surface area (Å²) in [6.45, 7) is 8.11. The van der Waals surface area contributed by atoms with Gasteiger partial charge in [0.25, 0.3) is 0 Å². The molecule has 0 fully saturated rings. The van der Waals surface area contributed by atoms with E-state index in [2.05, 4.69) is 20.4 Å². The number of unbranched alkanes of at least 4 members (excludes halogenated alkanes) is 2. The molecule has 0 aliphatic carbocycles. The smallest absolute Gasteiger partial charge is 0.120 e. The Labute approximate surface area is 99.1 Å². The highest BCUT2D eigenvalue weighted by atomic mass is 16.5. The maximum Gasteiger partial charge on any atom is 0.120 e. The van der Waals surface area contributed by atoms with Gasteiger partial charge in [0.15, 0.2) is 0 Å². The SMILES string of the molecule is C=Cc1cccc(OC(C)CCCCC)c1. The van der Waals surface area contributed by atoms with Crippen LogP contribution in [0.1, 0.15) is 45.1 Å². The van der Waals surface area contributed by atoms with Gasteiger partial charge in [-0.3, -0.25) is 0 Å². The second-order valence-electron chi connectivity index (χ2n) is 4.20. The van der Waals surface area contributed by atoms with Crippen LogP contribution < -0.4 is 4.74 Å². The summed E-state index contributed by atoms with van der Waals surface area (Å²) < 4.78 is 5.86. The second kappa shape index (κ2) is 7.10. The summed E-state index contributed by atoms with van der Waals surface area (Å²) in [5.74, 6) is 0.946. The van der Waals surface area contributed by atoms with Gasteiger partial charge in [0.2, 0.25) is 0 Å². The molecule has 0 aliphatic heterocycles. The van der Waals surface area contributed by atoms with Crippen LogP contribution in [0, 0.1) is 0 Å². The zero-order valence-electron chi connectivity index (χ0n) is 10.4. The lowest BCUT2D eigenvalue weighted by molar-refractivity contribution is 0.206. The zero-order valence-corrected chi connectivity index (χ0v) is 10.4. The van der Waals surface area contributed by atoms with Crippen molar-refractivity contribution >= 4 is 6.08 Å². The van der Waals surface area contributed by atoms with Crippen LogP contribution in [0.3, 0.4) is 0 Å². The molecule has 0 saturated carbocycles. The van der Waals surface area contributed by atoms with Crippen LogP contribution in [0.25, 0.3) is 6.08 Å². The van der Waals surface area contributed by atoms with Crippen molar-refractivity contribution in [3.8, 4) is 5.75 Å². The molecule has 0 radical (unpaired) electrons. The molecular weight excluding hydrogens is 196 g/mol. The fourth-order valence-electron chi connectivity index (χ4n) is 1.69. The molecule has 1 aromatic rings. The minimum atomic E-state index is 0.298. The summed E-state index contributed by atoms with van der Waals surface area (Å²) in [6.07, 6.45) is 7.07. The molecule has 1 heteroatoms. The first-order valence-corrected chi connectivity index (χ1v) is 6.15. The van der Waals surface area contributed by atoms with Gasteiger partial charge in [-0.15, -0.1) is 0 Å². The van der Waals surface area contributed by atoms with Crippen molar-refractivity contribution in [2.45, 2.75) is 45.6 Å². The predicted molar refractivity (Wildman–Crippen MR) is 70.8 cm³/mol. The molecule has 1 unspecified atom stereocenters. The average Bonchev–Trinajstić information content (AvgIpc) is 2.29. The standard InChI is InChI=1S/C15H22O/c1-4-6-7-9-13(3)16-15-11-8-10-14(5-2)12-15/h5,8,10-13H,2,4,6-7,9H2,1,3H3. The van der Waals surface area contributed by atoms with Crippen LogP contribution in [-0.2, 0) is 0 Å². The third-order valence-electron chi connectivity index (χ3n) is 2.65. The van der Waals surface area contributed by atoms with E-state index in [9.17, 15) is 0 Å². The first-order valence-electron chi connectivity index (χ1n) is 6.15. The largest absolute Gasteiger partial charge is 0.491 e. The maximum atomic E-state index is 5.86. The molecule has 16 heavy (non-hydrogen) atoms. The molecule has 1 nitrogen and oxygen atoms in total. The average molecular weight is 218 g/mol. The van der Waals surface area contributed by atoms with Gasteiger partial charge in [-0.2, -0.15) is 0 Å². The van der Waals surface area contributed by atoms with Crippen molar-refractivity contribution in [1.82, 2.24) is 0 Å². The monoisotopic (exact) mass is 218 g/mol. The van der Waals surface area contributed by atoms with E-state index in [1.807, 2.05) is 30.3 Å². The van der Waals surface area contributed by atoms with Crippen molar-refractivity contribution < 1.29 is 4.74 Å². The molecule has 0 N–H and O–H groups in total. The summed E-state index contributed by atoms with van der Waals surface area (Å²) in [7, 11) is 0. The summed E-state index contributed by atoms with van der Waals surface area (Å²) in [5.41, 5.74) is 1.11. The lowest BCUT2D eigenvalue weighted by atomic mass is 10.1.